The van der Waals surface area contributed by atoms with Gasteiger partial charge in [-0.3, -0.25) is 14.6 Å². The molecule has 3 aromatic rings. The fourth-order valence-corrected chi connectivity index (χ4v) is 8.47. The van der Waals surface area contributed by atoms with Gasteiger partial charge >= 0.3 is 12.2 Å². The second kappa shape index (κ2) is 17.6. The molecule has 314 valence electrons. The Kier molecular flexibility index (Phi) is 12.4. The third kappa shape index (κ3) is 8.40. The lowest BCUT2D eigenvalue weighted by Crippen LogP contribution is -2.56. The van der Waals surface area contributed by atoms with Crippen molar-refractivity contribution in [1.29, 1.82) is 0 Å². The van der Waals surface area contributed by atoms with Crippen LogP contribution in [0, 0.1) is 11.7 Å². The molecule has 0 aliphatic carbocycles. The molecule has 0 radical (unpaired) electrons. The molecule has 4 amide bonds. The topological polar surface area (TPSA) is 177 Å². The number of ether oxygens (including phenoxy) is 4. The first kappa shape index (κ1) is 41.4. The number of aromatic amines is 1. The number of nitrogens with zero attached hydrogens (tertiary/aromatic N) is 4. The van der Waals surface area contributed by atoms with Crippen molar-refractivity contribution < 1.29 is 42.5 Å². The van der Waals surface area contributed by atoms with Gasteiger partial charge in [0.1, 0.15) is 35.2 Å². The molecule has 15 nitrogen and oxygen atoms in total. The predicted octanol–water partition coefficient (Wildman–Crippen LogP) is 6.28. The number of likely N-dealkylation sites (tertiary alicyclic amines) is 2. The number of benzene rings is 2. The fraction of sp³-hybridized carbons (Fsp3) is 0.488. The zero-order chi connectivity index (χ0) is 42.0. The Hall–Kier alpha value is -5.77. The number of carbonyl (C=O) groups is 4. The van der Waals surface area contributed by atoms with Crippen molar-refractivity contribution in [3.8, 4) is 22.8 Å². The van der Waals surface area contributed by atoms with Crippen molar-refractivity contribution in [3.63, 3.8) is 0 Å². The molecule has 0 spiro atoms. The number of carbonyl (C=O) groups excluding carboxylic acids is 4. The van der Waals surface area contributed by atoms with E-state index >= 15 is 4.39 Å². The van der Waals surface area contributed by atoms with Crippen LogP contribution in [0.3, 0.4) is 0 Å². The number of hydrogen-bond acceptors (Lipinski definition) is 10. The van der Waals surface area contributed by atoms with E-state index in [0.29, 0.717) is 72.8 Å². The van der Waals surface area contributed by atoms with Gasteiger partial charge in [0, 0.05) is 61.6 Å². The van der Waals surface area contributed by atoms with E-state index in [1.807, 2.05) is 32.0 Å². The van der Waals surface area contributed by atoms with Crippen LogP contribution in [-0.4, -0.2) is 108 Å². The Bertz CT molecular complexity index is 2170. The summed E-state index contributed by atoms with van der Waals surface area (Å²) in [5.41, 5.74) is 5.07. The summed E-state index contributed by atoms with van der Waals surface area (Å²) >= 11 is 0. The minimum atomic E-state index is -0.944. The largest absolute Gasteiger partial charge is 0.457 e. The number of aromatic nitrogens is 2. The Morgan fingerprint density at radius 3 is 2.25 bits per heavy atom. The number of halogens is 1. The molecule has 4 aliphatic rings. The van der Waals surface area contributed by atoms with Gasteiger partial charge < -0.3 is 44.4 Å². The number of aliphatic imine (C=N–C) groups is 1. The number of fused-ring (bicyclic) bond motifs is 2. The standard InChI is InChI=1S/C43H52FN7O8/c1-7-23(2)37(48-42(54)57-5)40(52)51-15-9-11-34(51)39-46-22-32(47-39)25-12-13-35-26(16-25)17-27-18-30(44)29(20-36(27)59-35)28-19-31(45-21-28)33-10-8-14-50(33)41(53)38(24(3)56-4)49-43(55)58-6/h12-13,16,18,20-24,33-34,37-38H,7-11,14-15,17,19H2,1-6H3,(H,46,47)(H,48,54)(H,49,55)/t23-,24+,33-,34-,37-,38-/m0/s1. The molecule has 4 aliphatic heterocycles. The molecule has 5 heterocycles. The average Bonchev–Trinajstić information content (AvgIpc) is 4.09. The van der Waals surface area contributed by atoms with Crippen LogP contribution in [0.5, 0.6) is 11.5 Å². The zero-order valence-electron chi connectivity index (χ0n) is 34.3. The van der Waals surface area contributed by atoms with Crippen LogP contribution in [0.25, 0.3) is 16.8 Å². The Morgan fingerprint density at radius 1 is 0.898 bits per heavy atom. The average molecular weight is 814 g/mol. The van der Waals surface area contributed by atoms with Crippen molar-refractivity contribution >= 4 is 35.3 Å². The number of amides is 4. The maximum atomic E-state index is 15.9. The van der Waals surface area contributed by atoms with Gasteiger partial charge in [-0.05, 0) is 80.0 Å². The van der Waals surface area contributed by atoms with Crippen molar-refractivity contribution in [2.45, 2.75) is 96.0 Å². The lowest BCUT2D eigenvalue weighted by Gasteiger charge is -2.31. The number of methoxy groups -OCH3 is 3. The second-order valence-electron chi connectivity index (χ2n) is 15.6. The number of allylic oxidation sites excluding steroid dienone is 1. The molecule has 2 fully saturated rings. The van der Waals surface area contributed by atoms with Crippen LogP contribution in [0.15, 0.2) is 47.7 Å². The van der Waals surface area contributed by atoms with E-state index in [2.05, 4.69) is 25.6 Å². The van der Waals surface area contributed by atoms with Gasteiger partial charge in [0.2, 0.25) is 11.8 Å². The first-order valence-corrected chi connectivity index (χ1v) is 20.2. The van der Waals surface area contributed by atoms with Crippen LogP contribution >= 0.6 is 0 Å². The number of hydrogen-bond donors (Lipinski definition) is 3. The predicted molar refractivity (Wildman–Crippen MR) is 216 cm³/mol. The van der Waals surface area contributed by atoms with Crippen LogP contribution in [0.1, 0.15) is 87.9 Å². The SMILES string of the molecule is CC[C@H](C)[C@H](NC(=O)OC)C(=O)N1CCC[C@H]1c1ncc(-c2ccc3c(c2)Cc2cc(F)c(C4=CN=C([C@@H]5CCCN5C(=O)[C@@H](NC(=O)OC)[C@@H](C)OC)C4)cc2O3)[nH]1. The first-order chi connectivity index (χ1) is 28.4. The number of alkyl carbamates (subject to hydrolysis) is 2. The lowest BCUT2D eigenvalue weighted by molar-refractivity contribution is -0.136. The van der Waals surface area contributed by atoms with E-state index in [9.17, 15) is 19.2 Å². The fourth-order valence-electron chi connectivity index (χ4n) is 8.47. The van der Waals surface area contributed by atoms with Crippen molar-refractivity contribution in [2.24, 2.45) is 10.9 Å². The molecule has 1 aromatic heterocycles. The quantitative estimate of drug-likeness (QED) is 0.149. The summed E-state index contributed by atoms with van der Waals surface area (Å²) in [5, 5.41) is 5.33. The van der Waals surface area contributed by atoms with Gasteiger partial charge in [0.25, 0.3) is 0 Å². The van der Waals surface area contributed by atoms with Crippen LogP contribution < -0.4 is 15.4 Å². The molecule has 0 unspecified atom stereocenters. The van der Waals surface area contributed by atoms with Crippen molar-refractivity contribution in [2.75, 3.05) is 34.4 Å². The summed E-state index contributed by atoms with van der Waals surface area (Å²) in [6, 6.07) is 6.85. The molecule has 16 heteroatoms. The van der Waals surface area contributed by atoms with E-state index in [1.54, 1.807) is 35.2 Å². The van der Waals surface area contributed by atoms with Crippen LogP contribution in [0.2, 0.25) is 0 Å². The number of rotatable bonds is 12. The van der Waals surface area contributed by atoms with Gasteiger partial charge in [-0.25, -0.2) is 19.0 Å². The van der Waals surface area contributed by atoms with E-state index in [0.717, 1.165) is 41.8 Å². The summed E-state index contributed by atoms with van der Waals surface area (Å²) in [5.74, 6) is 0.964. The summed E-state index contributed by atoms with van der Waals surface area (Å²) in [4.78, 5) is 67.9. The molecule has 0 saturated carbocycles. The van der Waals surface area contributed by atoms with E-state index < -0.39 is 36.2 Å². The van der Waals surface area contributed by atoms with Crippen molar-refractivity contribution in [1.82, 2.24) is 30.4 Å². The third-order valence-corrected chi connectivity index (χ3v) is 12.1. The Balaban J connectivity index is 1.02. The maximum absolute atomic E-state index is 15.9. The number of H-pyrrole nitrogens is 1. The summed E-state index contributed by atoms with van der Waals surface area (Å²) in [7, 11) is 3.99. The summed E-state index contributed by atoms with van der Waals surface area (Å²) in [6.07, 6.45) is 5.98. The van der Waals surface area contributed by atoms with Gasteiger partial charge in [-0.15, -0.1) is 0 Å². The highest BCUT2D eigenvalue weighted by molar-refractivity contribution is 6.04. The Morgan fingerprint density at radius 2 is 1.56 bits per heavy atom. The molecule has 7 rings (SSSR count). The zero-order valence-corrected chi connectivity index (χ0v) is 34.3. The van der Waals surface area contributed by atoms with Crippen LogP contribution in [-0.2, 0) is 30.2 Å². The first-order valence-electron chi connectivity index (χ1n) is 20.2. The smallest absolute Gasteiger partial charge is 0.407 e. The lowest BCUT2D eigenvalue weighted by atomic mass is 9.93. The normalized spacial score (nSPS) is 20.3. The molecule has 2 aromatic carbocycles. The molecular formula is C43H52FN7O8. The van der Waals surface area contributed by atoms with E-state index in [-0.39, 0.29) is 29.8 Å². The molecule has 6 atom stereocenters. The van der Waals surface area contributed by atoms with Gasteiger partial charge in [-0.2, -0.15) is 0 Å². The molecule has 3 N–H and O–H groups in total. The van der Waals surface area contributed by atoms with Gasteiger partial charge in [0.15, 0.2) is 0 Å². The highest BCUT2D eigenvalue weighted by Gasteiger charge is 2.41. The monoisotopic (exact) mass is 813 g/mol. The van der Waals surface area contributed by atoms with Gasteiger partial charge in [0.05, 0.1) is 44.3 Å². The molecule has 2 saturated heterocycles. The maximum Gasteiger partial charge on any atom is 0.407 e. The van der Waals surface area contributed by atoms with Crippen molar-refractivity contribution in [3.05, 3.63) is 71.1 Å². The summed E-state index contributed by atoms with van der Waals surface area (Å²) < 4.78 is 37.2. The molecular weight excluding hydrogens is 762 g/mol. The highest BCUT2D eigenvalue weighted by atomic mass is 19.1. The third-order valence-electron chi connectivity index (χ3n) is 12.1. The van der Waals surface area contributed by atoms with E-state index in [4.69, 9.17) is 18.9 Å². The minimum absolute atomic E-state index is 0.0876. The van der Waals surface area contributed by atoms with Gasteiger partial charge in [-0.1, -0.05) is 20.3 Å². The molecule has 59 heavy (non-hydrogen) atoms. The van der Waals surface area contributed by atoms with Crippen LogP contribution in [0.4, 0.5) is 14.0 Å². The second-order valence-corrected chi connectivity index (χ2v) is 15.6. The van der Waals surface area contributed by atoms with E-state index in [1.165, 1.54) is 27.4 Å². The Labute approximate surface area is 342 Å². The summed E-state index contributed by atoms with van der Waals surface area (Å²) in [6.45, 7) is 6.67. The minimum Gasteiger partial charge on any atom is -0.457 e. The number of nitrogens with one attached hydrogen (secondary N) is 3. The number of imidazole rings is 1. The highest BCUT2D eigenvalue weighted by Crippen LogP contribution is 2.42. The molecule has 0 bridgehead atoms.